The van der Waals surface area contributed by atoms with Crippen LogP contribution in [0.25, 0.3) is 16.8 Å². The van der Waals surface area contributed by atoms with E-state index in [1.807, 2.05) is 47.2 Å². The molecule has 0 spiro atoms. The summed E-state index contributed by atoms with van der Waals surface area (Å²) in [5, 5.41) is 5.18. The fourth-order valence-corrected chi connectivity index (χ4v) is 7.13. The molecular weight excluding hydrogens is 444 g/mol. The Labute approximate surface area is 191 Å². The summed E-state index contributed by atoms with van der Waals surface area (Å²) in [6.45, 7) is 0. The van der Waals surface area contributed by atoms with Gasteiger partial charge in [0.2, 0.25) is 10.0 Å². The Morgan fingerprint density at radius 2 is 1.75 bits per heavy atom. The first-order valence-electron chi connectivity index (χ1n) is 10.7. The predicted molar refractivity (Wildman–Crippen MR) is 123 cm³/mol. The summed E-state index contributed by atoms with van der Waals surface area (Å²) in [7, 11) is -3.65. The van der Waals surface area contributed by atoms with E-state index in [-0.39, 0.29) is 17.0 Å². The minimum atomic E-state index is -3.65. The van der Waals surface area contributed by atoms with Gasteiger partial charge in [-0.2, -0.15) is 9.40 Å². The SMILES string of the molecule is O=S(=O)(c1ccc(Cl)cc1)N1C2CCCC1c1cnc3c(-c4ccccc4)cnn3c1C2. The van der Waals surface area contributed by atoms with Gasteiger partial charge in [0.25, 0.3) is 0 Å². The second-order valence-corrected chi connectivity index (χ2v) is 10.7. The minimum absolute atomic E-state index is 0.100. The van der Waals surface area contributed by atoms with E-state index < -0.39 is 10.0 Å². The fraction of sp³-hybridized carbons (Fsp3) is 0.250. The summed E-state index contributed by atoms with van der Waals surface area (Å²) >= 11 is 5.99. The largest absolute Gasteiger partial charge is 0.243 e. The third-order valence-corrected chi connectivity index (χ3v) is 8.83. The van der Waals surface area contributed by atoms with Crippen LogP contribution in [-0.4, -0.2) is 33.4 Å². The van der Waals surface area contributed by atoms with Crippen LogP contribution >= 0.6 is 11.6 Å². The number of nitrogens with zero attached hydrogens (tertiary/aromatic N) is 4. The maximum Gasteiger partial charge on any atom is 0.243 e. The summed E-state index contributed by atoms with van der Waals surface area (Å²) in [6, 6.07) is 16.2. The molecule has 0 amide bonds. The van der Waals surface area contributed by atoms with Crippen LogP contribution in [0.3, 0.4) is 0 Å². The summed E-state index contributed by atoms with van der Waals surface area (Å²) in [5.41, 5.74) is 4.87. The highest BCUT2D eigenvalue weighted by atomic mass is 35.5. The van der Waals surface area contributed by atoms with Crippen molar-refractivity contribution in [3.05, 3.63) is 83.3 Å². The van der Waals surface area contributed by atoms with Crippen molar-refractivity contribution in [1.29, 1.82) is 0 Å². The number of aromatic nitrogens is 3. The molecule has 2 unspecified atom stereocenters. The Morgan fingerprint density at radius 3 is 2.53 bits per heavy atom. The molecule has 0 radical (unpaired) electrons. The van der Waals surface area contributed by atoms with Gasteiger partial charge in [0.1, 0.15) is 0 Å². The molecule has 2 atom stereocenters. The Bertz CT molecular complexity index is 1420. The zero-order valence-electron chi connectivity index (χ0n) is 17.2. The van der Waals surface area contributed by atoms with Crippen LogP contribution < -0.4 is 0 Å². The Hall–Kier alpha value is -2.74. The second kappa shape index (κ2) is 7.40. The molecule has 32 heavy (non-hydrogen) atoms. The topological polar surface area (TPSA) is 67.6 Å². The third kappa shape index (κ3) is 2.99. The maximum absolute atomic E-state index is 13.6. The molecule has 2 aliphatic rings. The number of halogens is 1. The Balaban J connectivity index is 1.47. The predicted octanol–water partition coefficient (Wildman–Crippen LogP) is 4.89. The molecule has 4 heterocycles. The van der Waals surface area contributed by atoms with E-state index >= 15 is 0 Å². The van der Waals surface area contributed by atoms with Crippen molar-refractivity contribution in [2.45, 2.75) is 42.7 Å². The number of piperidine rings is 1. The van der Waals surface area contributed by atoms with E-state index in [1.165, 1.54) is 0 Å². The van der Waals surface area contributed by atoms with Gasteiger partial charge in [-0.1, -0.05) is 41.9 Å². The van der Waals surface area contributed by atoms with Gasteiger partial charge in [-0.15, -0.1) is 0 Å². The Morgan fingerprint density at radius 1 is 0.969 bits per heavy atom. The van der Waals surface area contributed by atoms with Crippen LogP contribution in [-0.2, 0) is 16.4 Å². The first-order valence-corrected chi connectivity index (χ1v) is 12.6. The monoisotopic (exact) mass is 464 g/mol. The summed E-state index contributed by atoms with van der Waals surface area (Å²) < 4.78 is 30.8. The average Bonchev–Trinajstić information content (AvgIpc) is 3.24. The average molecular weight is 465 g/mol. The lowest BCUT2D eigenvalue weighted by molar-refractivity contribution is 0.159. The zero-order chi connectivity index (χ0) is 21.9. The molecular formula is C24H21ClN4O2S. The molecule has 1 saturated heterocycles. The van der Waals surface area contributed by atoms with Gasteiger partial charge in [0, 0.05) is 34.8 Å². The normalized spacial score (nSPS) is 20.9. The lowest BCUT2D eigenvalue weighted by atomic mass is 9.85. The van der Waals surface area contributed by atoms with Crippen molar-refractivity contribution in [3.8, 4) is 11.1 Å². The van der Waals surface area contributed by atoms with Crippen molar-refractivity contribution in [1.82, 2.24) is 18.9 Å². The van der Waals surface area contributed by atoms with Gasteiger partial charge in [0.15, 0.2) is 5.65 Å². The molecule has 2 aromatic carbocycles. The number of fused-ring (bicyclic) bond motifs is 6. The van der Waals surface area contributed by atoms with Crippen LogP contribution in [0, 0.1) is 0 Å². The zero-order valence-corrected chi connectivity index (χ0v) is 18.8. The van der Waals surface area contributed by atoms with Crippen molar-refractivity contribution in [3.63, 3.8) is 0 Å². The molecule has 0 aliphatic carbocycles. The van der Waals surface area contributed by atoms with E-state index in [1.54, 1.807) is 28.6 Å². The number of sulfonamides is 1. The van der Waals surface area contributed by atoms with E-state index in [4.69, 9.17) is 16.6 Å². The number of hydrogen-bond donors (Lipinski definition) is 0. The Kier molecular flexibility index (Phi) is 4.61. The lowest BCUT2D eigenvalue weighted by Crippen LogP contribution is -2.50. The molecule has 6 rings (SSSR count). The van der Waals surface area contributed by atoms with E-state index in [9.17, 15) is 8.42 Å². The third-order valence-electron chi connectivity index (χ3n) is 6.60. The van der Waals surface area contributed by atoms with Crippen molar-refractivity contribution in [2.24, 2.45) is 0 Å². The quantitative estimate of drug-likeness (QED) is 0.433. The van der Waals surface area contributed by atoms with Crippen molar-refractivity contribution < 1.29 is 8.42 Å². The van der Waals surface area contributed by atoms with Crippen LogP contribution in [0.2, 0.25) is 5.02 Å². The summed E-state index contributed by atoms with van der Waals surface area (Å²) in [5.74, 6) is 0. The van der Waals surface area contributed by atoms with Gasteiger partial charge < -0.3 is 0 Å². The van der Waals surface area contributed by atoms with E-state index in [0.29, 0.717) is 11.4 Å². The molecule has 2 bridgehead atoms. The molecule has 0 saturated carbocycles. The molecule has 4 aromatic rings. The van der Waals surface area contributed by atoms with Gasteiger partial charge >= 0.3 is 0 Å². The highest BCUT2D eigenvalue weighted by Crippen LogP contribution is 2.45. The van der Waals surface area contributed by atoms with Crippen molar-refractivity contribution in [2.75, 3.05) is 0 Å². The van der Waals surface area contributed by atoms with E-state index in [0.717, 1.165) is 47.3 Å². The number of rotatable bonds is 3. The summed E-state index contributed by atoms with van der Waals surface area (Å²) in [4.78, 5) is 5.02. The fourth-order valence-electron chi connectivity index (χ4n) is 5.15. The first kappa shape index (κ1) is 19.9. The van der Waals surface area contributed by atoms with Gasteiger partial charge in [-0.25, -0.2) is 17.9 Å². The van der Waals surface area contributed by atoms with Crippen LogP contribution in [0.1, 0.15) is 36.6 Å². The highest BCUT2D eigenvalue weighted by molar-refractivity contribution is 7.89. The van der Waals surface area contributed by atoms with Crippen LogP contribution in [0.5, 0.6) is 0 Å². The summed E-state index contributed by atoms with van der Waals surface area (Å²) in [6.07, 6.45) is 6.93. The highest BCUT2D eigenvalue weighted by Gasteiger charge is 2.45. The standard InChI is InChI=1S/C24H21ClN4O2S/c25-17-9-11-19(12-10-17)32(30,31)29-18-7-4-8-22(29)21-14-26-24-20(16-5-2-1-3-6-16)15-27-28(24)23(21)13-18/h1-3,5-6,9-12,14-15,18,22H,4,7-8,13H2. The number of hydrogen-bond acceptors (Lipinski definition) is 4. The lowest BCUT2D eigenvalue weighted by Gasteiger charge is -2.45. The minimum Gasteiger partial charge on any atom is -0.236 e. The molecule has 162 valence electrons. The molecule has 2 aliphatic heterocycles. The molecule has 0 N–H and O–H groups in total. The van der Waals surface area contributed by atoms with Gasteiger partial charge in [-0.05, 0) is 49.1 Å². The second-order valence-electron chi connectivity index (χ2n) is 8.41. The molecule has 1 fully saturated rings. The smallest absolute Gasteiger partial charge is 0.236 e. The van der Waals surface area contributed by atoms with Crippen LogP contribution in [0.15, 0.2) is 71.9 Å². The molecule has 8 heteroatoms. The van der Waals surface area contributed by atoms with Gasteiger partial charge in [-0.3, -0.25) is 0 Å². The maximum atomic E-state index is 13.6. The first-order chi connectivity index (χ1) is 15.5. The molecule has 2 aromatic heterocycles. The van der Waals surface area contributed by atoms with Crippen LogP contribution in [0.4, 0.5) is 0 Å². The molecule has 6 nitrogen and oxygen atoms in total. The van der Waals surface area contributed by atoms with Crippen molar-refractivity contribution >= 4 is 27.3 Å². The van der Waals surface area contributed by atoms with E-state index in [2.05, 4.69) is 5.10 Å². The number of benzene rings is 2. The van der Waals surface area contributed by atoms with Gasteiger partial charge in [0.05, 0.1) is 22.8 Å².